The second kappa shape index (κ2) is 10.1. The van der Waals surface area contributed by atoms with Gasteiger partial charge in [-0.05, 0) is 54.8 Å². The van der Waals surface area contributed by atoms with Gasteiger partial charge in [0.15, 0.2) is 0 Å². The zero-order valence-electron chi connectivity index (χ0n) is 18.0. The second-order valence-electron chi connectivity index (χ2n) is 7.96. The standard InChI is InChI=1S/C25H25FN4O3/c26-19-9-7-17(8-10-19)16-33-22-6-2-1-5-21(22)25(32)29-20-11-12-23(28-14-20)30-13-3-4-18(15-30)24(27)31/h1-2,5-12,14,18H,3-4,13,15-16H2,(H2,27,31)(H,29,32). The van der Waals surface area contributed by atoms with Crippen molar-refractivity contribution in [1.82, 2.24) is 4.98 Å². The maximum absolute atomic E-state index is 13.1. The number of aromatic nitrogens is 1. The molecule has 1 aromatic heterocycles. The molecule has 170 valence electrons. The van der Waals surface area contributed by atoms with Crippen molar-refractivity contribution in [2.45, 2.75) is 19.4 Å². The van der Waals surface area contributed by atoms with E-state index in [1.54, 1.807) is 48.7 Å². The van der Waals surface area contributed by atoms with Gasteiger partial charge in [0.05, 0.1) is 23.4 Å². The van der Waals surface area contributed by atoms with Gasteiger partial charge in [-0.1, -0.05) is 24.3 Å². The molecule has 1 aliphatic heterocycles. The van der Waals surface area contributed by atoms with Crippen molar-refractivity contribution < 1.29 is 18.7 Å². The molecule has 1 saturated heterocycles. The number of carbonyl (C=O) groups excluding carboxylic acids is 2. The Morgan fingerprint density at radius 1 is 1.12 bits per heavy atom. The van der Waals surface area contributed by atoms with Crippen LogP contribution in [0.3, 0.4) is 0 Å². The third-order valence-electron chi connectivity index (χ3n) is 5.59. The van der Waals surface area contributed by atoms with Crippen LogP contribution in [0, 0.1) is 11.7 Å². The SMILES string of the molecule is NC(=O)C1CCCN(c2ccc(NC(=O)c3ccccc3OCc3ccc(F)cc3)cn2)C1. The number of anilines is 2. The van der Waals surface area contributed by atoms with Gasteiger partial charge in [-0.3, -0.25) is 9.59 Å². The van der Waals surface area contributed by atoms with Gasteiger partial charge in [0, 0.05) is 13.1 Å². The summed E-state index contributed by atoms with van der Waals surface area (Å²) in [6.07, 6.45) is 3.26. The number of amides is 2. The molecular weight excluding hydrogens is 423 g/mol. The number of benzene rings is 2. The number of nitrogens with zero attached hydrogens (tertiary/aromatic N) is 2. The van der Waals surface area contributed by atoms with Crippen LogP contribution in [0.5, 0.6) is 5.75 Å². The zero-order valence-corrected chi connectivity index (χ0v) is 18.0. The van der Waals surface area contributed by atoms with Crippen LogP contribution in [-0.4, -0.2) is 29.9 Å². The van der Waals surface area contributed by atoms with Gasteiger partial charge in [-0.15, -0.1) is 0 Å². The lowest BCUT2D eigenvalue weighted by Crippen LogP contribution is -2.41. The summed E-state index contributed by atoms with van der Waals surface area (Å²) in [5, 5.41) is 2.84. The fourth-order valence-corrected chi connectivity index (χ4v) is 3.78. The smallest absolute Gasteiger partial charge is 0.259 e. The molecule has 1 unspecified atom stereocenters. The molecule has 0 radical (unpaired) electrons. The Morgan fingerprint density at radius 2 is 1.91 bits per heavy atom. The van der Waals surface area contributed by atoms with E-state index in [4.69, 9.17) is 10.5 Å². The summed E-state index contributed by atoms with van der Waals surface area (Å²) in [5.41, 5.74) is 7.17. The first kappa shape index (κ1) is 22.3. The van der Waals surface area contributed by atoms with Gasteiger partial charge in [-0.25, -0.2) is 9.37 Å². The number of nitrogens with two attached hydrogens (primary N) is 1. The number of ether oxygens (including phenoxy) is 1. The van der Waals surface area contributed by atoms with E-state index in [1.807, 2.05) is 11.0 Å². The Hall–Kier alpha value is -3.94. The number of nitrogens with one attached hydrogen (secondary N) is 1. The Morgan fingerprint density at radius 3 is 2.64 bits per heavy atom. The highest BCUT2D eigenvalue weighted by atomic mass is 19.1. The Balaban J connectivity index is 1.40. The summed E-state index contributed by atoms with van der Waals surface area (Å²) in [6.45, 7) is 1.57. The molecule has 33 heavy (non-hydrogen) atoms. The van der Waals surface area contributed by atoms with Crippen molar-refractivity contribution in [3.63, 3.8) is 0 Å². The number of piperidine rings is 1. The highest BCUT2D eigenvalue weighted by Crippen LogP contribution is 2.24. The van der Waals surface area contributed by atoms with Crippen LogP contribution in [0.25, 0.3) is 0 Å². The van der Waals surface area contributed by atoms with Crippen LogP contribution in [0.4, 0.5) is 15.9 Å². The summed E-state index contributed by atoms with van der Waals surface area (Å²) in [5.74, 6) is 0.0593. The average Bonchev–Trinajstić information content (AvgIpc) is 2.84. The molecular formula is C25H25FN4O3. The maximum Gasteiger partial charge on any atom is 0.259 e. The molecule has 1 atom stereocenters. The van der Waals surface area contributed by atoms with Crippen LogP contribution in [0.1, 0.15) is 28.8 Å². The van der Waals surface area contributed by atoms with E-state index in [-0.39, 0.29) is 30.2 Å². The van der Waals surface area contributed by atoms with E-state index in [1.165, 1.54) is 12.1 Å². The van der Waals surface area contributed by atoms with Crippen molar-refractivity contribution in [2.24, 2.45) is 11.7 Å². The monoisotopic (exact) mass is 448 g/mol. The third-order valence-corrected chi connectivity index (χ3v) is 5.59. The summed E-state index contributed by atoms with van der Waals surface area (Å²) >= 11 is 0. The van der Waals surface area contributed by atoms with Crippen molar-refractivity contribution in [3.8, 4) is 5.75 Å². The molecule has 0 saturated carbocycles. The first-order valence-electron chi connectivity index (χ1n) is 10.8. The molecule has 4 rings (SSSR count). The highest BCUT2D eigenvalue weighted by molar-refractivity contribution is 6.06. The number of hydrogen-bond donors (Lipinski definition) is 2. The minimum absolute atomic E-state index is 0.175. The minimum atomic E-state index is -0.328. The molecule has 8 heteroatoms. The average molecular weight is 448 g/mol. The van der Waals surface area contributed by atoms with Crippen LogP contribution in [-0.2, 0) is 11.4 Å². The molecule has 2 heterocycles. The minimum Gasteiger partial charge on any atom is -0.488 e. The summed E-state index contributed by atoms with van der Waals surface area (Å²) in [4.78, 5) is 30.9. The normalized spacial score (nSPS) is 15.7. The van der Waals surface area contributed by atoms with Crippen LogP contribution < -0.4 is 20.7 Å². The van der Waals surface area contributed by atoms with E-state index in [0.29, 0.717) is 23.5 Å². The Kier molecular flexibility index (Phi) is 6.83. The number of carbonyl (C=O) groups is 2. The van der Waals surface area contributed by atoms with Crippen molar-refractivity contribution in [2.75, 3.05) is 23.3 Å². The van der Waals surface area contributed by atoms with E-state index >= 15 is 0 Å². The number of rotatable bonds is 7. The third kappa shape index (κ3) is 5.65. The predicted octanol–water partition coefficient (Wildman–Crippen LogP) is 3.75. The van der Waals surface area contributed by atoms with Crippen molar-refractivity contribution >= 4 is 23.3 Å². The van der Waals surface area contributed by atoms with E-state index in [9.17, 15) is 14.0 Å². The molecule has 0 bridgehead atoms. The molecule has 7 nitrogen and oxygen atoms in total. The topological polar surface area (TPSA) is 97.6 Å². The molecule has 2 amide bonds. The second-order valence-corrected chi connectivity index (χ2v) is 7.96. The van der Waals surface area contributed by atoms with Gasteiger partial charge in [0.1, 0.15) is 24.0 Å². The lowest BCUT2D eigenvalue weighted by atomic mass is 9.97. The molecule has 1 fully saturated rings. The van der Waals surface area contributed by atoms with Crippen molar-refractivity contribution in [3.05, 3.63) is 83.8 Å². The summed E-state index contributed by atoms with van der Waals surface area (Å²) in [6, 6.07) is 16.5. The first-order valence-corrected chi connectivity index (χ1v) is 10.8. The Bertz CT molecular complexity index is 1120. The molecule has 3 N–H and O–H groups in total. The molecule has 2 aromatic carbocycles. The van der Waals surface area contributed by atoms with Gasteiger partial charge >= 0.3 is 0 Å². The van der Waals surface area contributed by atoms with Crippen molar-refractivity contribution in [1.29, 1.82) is 0 Å². The fourth-order valence-electron chi connectivity index (χ4n) is 3.78. The lowest BCUT2D eigenvalue weighted by molar-refractivity contribution is -0.122. The van der Waals surface area contributed by atoms with Gasteiger partial charge in [0.25, 0.3) is 5.91 Å². The molecule has 3 aromatic rings. The van der Waals surface area contributed by atoms with Crippen LogP contribution >= 0.6 is 0 Å². The molecule has 1 aliphatic rings. The first-order chi connectivity index (χ1) is 16.0. The molecule has 0 aliphatic carbocycles. The number of pyridine rings is 1. The summed E-state index contributed by atoms with van der Waals surface area (Å²) < 4.78 is 18.9. The van der Waals surface area contributed by atoms with E-state index < -0.39 is 0 Å². The quantitative estimate of drug-likeness (QED) is 0.574. The number of primary amides is 1. The Labute approximate surface area is 191 Å². The van der Waals surface area contributed by atoms with E-state index in [0.717, 1.165) is 30.8 Å². The van der Waals surface area contributed by atoms with Gasteiger partial charge in [-0.2, -0.15) is 0 Å². The molecule has 0 spiro atoms. The highest BCUT2D eigenvalue weighted by Gasteiger charge is 2.24. The van der Waals surface area contributed by atoms with Crippen LogP contribution in [0.2, 0.25) is 0 Å². The lowest BCUT2D eigenvalue weighted by Gasteiger charge is -2.32. The zero-order chi connectivity index (χ0) is 23.2. The largest absolute Gasteiger partial charge is 0.488 e. The number of hydrogen-bond acceptors (Lipinski definition) is 5. The van der Waals surface area contributed by atoms with E-state index in [2.05, 4.69) is 10.3 Å². The summed E-state index contributed by atoms with van der Waals surface area (Å²) in [7, 11) is 0. The maximum atomic E-state index is 13.1. The van der Waals surface area contributed by atoms with Crippen LogP contribution in [0.15, 0.2) is 66.9 Å². The fraction of sp³-hybridized carbons (Fsp3) is 0.240. The van der Waals surface area contributed by atoms with Gasteiger partial charge in [0.2, 0.25) is 5.91 Å². The predicted molar refractivity (Wildman–Crippen MR) is 123 cm³/mol. The number of para-hydroxylation sites is 1. The number of halogens is 1. The van der Waals surface area contributed by atoms with Gasteiger partial charge < -0.3 is 20.7 Å².